The smallest absolute Gasteiger partial charge is 0.416 e. The number of ether oxygens (including phenoxy) is 1. The van der Waals surface area contributed by atoms with Gasteiger partial charge in [-0.05, 0) is 31.2 Å². The van der Waals surface area contributed by atoms with Crippen molar-refractivity contribution in [3.05, 3.63) is 47.7 Å². The van der Waals surface area contributed by atoms with Crippen molar-refractivity contribution in [3.63, 3.8) is 0 Å². The first-order chi connectivity index (χ1) is 8.91. The lowest BCUT2D eigenvalue weighted by atomic mass is 10.1. The first kappa shape index (κ1) is 13.4. The van der Waals surface area contributed by atoms with Crippen molar-refractivity contribution in [2.45, 2.75) is 13.1 Å². The van der Waals surface area contributed by atoms with Gasteiger partial charge in [0, 0.05) is 11.3 Å². The number of aromatic nitrogens is 1. The van der Waals surface area contributed by atoms with E-state index in [-0.39, 0.29) is 0 Å². The van der Waals surface area contributed by atoms with Gasteiger partial charge in [0.25, 0.3) is 0 Å². The van der Waals surface area contributed by atoms with Crippen molar-refractivity contribution >= 4 is 0 Å². The van der Waals surface area contributed by atoms with Crippen LogP contribution in [-0.4, -0.2) is 12.1 Å². The molecular weight excluding hydrogens is 255 g/mol. The van der Waals surface area contributed by atoms with Crippen molar-refractivity contribution in [2.24, 2.45) is 0 Å². The van der Waals surface area contributed by atoms with Gasteiger partial charge in [0.2, 0.25) is 0 Å². The van der Waals surface area contributed by atoms with E-state index in [2.05, 4.69) is 4.98 Å². The molecule has 0 N–H and O–H groups in total. The molecule has 0 saturated carbocycles. The molecule has 2 rings (SSSR count). The topological polar surface area (TPSA) is 22.1 Å². The van der Waals surface area contributed by atoms with E-state index >= 15 is 0 Å². The summed E-state index contributed by atoms with van der Waals surface area (Å²) in [7, 11) is 1.50. The van der Waals surface area contributed by atoms with Crippen LogP contribution < -0.4 is 4.74 Å². The molecule has 0 bridgehead atoms. The zero-order valence-corrected chi connectivity index (χ0v) is 10.5. The van der Waals surface area contributed by atoms with Gasteiger partial charge in [-0.3, -0.25) is 0 Å². The molecule has 1 aromatic heterocycles. The summed E-state index contributed by atoms with van der Waals surface area (Å²) in [4.78, 5) is 4.30. The monoisotopic (exact) mass is 267 g/mol. The van der Waals surface area contributed by atoms with E-state index in [0.29, 0.717) is 17.0 Å². The molecule has 0 radical (unpaired) electrons. The Labute approximate surface area is 108 Å². The molecule has 0 fully saturated rings. The molecule has 19 heavy (non-hydrogen) atoms. The van der Waals surface area contributed by atoms with Crippen LogP contribution in [0.5, 0.6) is 5.75 Å². The Bertz CT molecular complexity index is 576. The van der Waals surface area contributed by atoms with Crippen LogP contribution in [0.25, 0.3) is 11.3 Å². The standard InChI is InChI=1S/C14H12F3NO/c1-9-3-8-12(19-2)13(18-9)10-4-6-11(7-5-10)14(15,16)17/h3-8H,1-2H3. The third kappa shape index (κ3) is 2.86. The summed E-state index contributed by atoms with van der Waals surface area (Å²) in [5, 5.41) is 0. The average molecular weight is 267 g/mol. The Morgan fingerprint density at radius 3 is 2.16 bits per heavy atom. The van der Waals surface area contributed by atoms with Crippen molar-refractivity contribution in [3.8, 4) is 17.0 Å². The molecule has 1 heterocycles. The molecule has 0 aliphatic heterocycles. The summed E-state index contributed by atoms with van der Waals surface area (Å²) in [6.07, 6.45) is -4.33. The molecule has 0 saturated heterocycles. The maximum Gasteiger partial charge on any atom is 0.416 e. The molecule has 0 spiro atoms. The maximum absolute atomic E-state index is 12.5. The fraction of sp³-hybridized carbons (Fsp3) is 0.214. The third-order valence-corrected chi connectivity index (χ3v) is 2.70. The van der Waals surface area contributed by atoms with E-state index in [4.69, 9.17) is 4.74 Å². The minimum atomic E-state index is -4.33. The van der Waals surface area contributed by atoms with Gasteiger partial charge in [-0.25, -0.2) is 4.98 Å². The number of pyridine rings is 1. The van der Waals surface area contributed by atoms with Gasteiger partial charge in [-0.2, -0.15) is 13.2 Å². The van der Waals surface area contributed by atoms with Crippen LogP contribution in [0.4, 0.5) is 13.2 Å². The molecule has 2 aromatic rings. The van der Waals surface area contributed by atoms with Gasteiger partial charge in [0.05, 0.1) is 12.7 Å². The van der Waals surface area contributed by atoms with E-state index in [9.17, 15) is 13.2 Å². The van der Waals surface area contributed by atoms with Crippen LogP contribution in [0.15, 0.2) is 36.4 Å². The van der Waals surface area contributed by atoms with Gasteiger partial charge in [0.15, 0.2) is 0 Å². The Balaban J connectivity index is 2.45. The quantitative estimate of drug-likeness (QED) is 0.817. The SMILES string of the molecule is COc1ccc(C)nc1-c1ccc(C(F)(F)F)cc1. The molecule has 1 aromatic carbocycles. The van der Waals surface area contributed by atoms with E-state index in [0.717, 1.165) is 17.8 Å². The van der Waals surface area contributed by atoms with Gasteiger partial charge in [-0.15, -0.1) is 0 Å². The van der Waals surface area contributed by atoms with Crippen LogP contribution in [0, 0.1) is 6.92 Å². The average Bonchev–Trinajstić information content (AvgIpc) is 2.38. The van der Waals surface area contributed by atoms with Gasteiger partial charge in [0.1, 0.15) is 11.4 Å². The lowest BCUT2D eigenvalue weighted by molar-refractivity contribution is -0.137. The molecule has 2 nitrogen and oxygen atoms in total. The Morgan fingerprint density at radius 1 is 1.00 bits per heavy atom. The van der Waals surface area contributed by atoms with Crippen LogP contribution in [-0.2, 0) is 6.18 Å². The van der Waals surface area contributed by atoms with Crippen molar-refractivity contribution < 1.29 is 17.9 Å². The number of hydrogen-bond acceptors (Lipinski definition) is 2. The number of nitrogens with zero attached hydrogens (tertiary/aromatic N) is 1. The van der Waals surface area contributed by atoms with E-state index in [1.54, 1.807) is 12.1 Å². The first-order valence-corrected chi connectivity index (χ1v) is 5.61. The summed E-state index contributed by atoms with van der Waals surface area (Å²) in [5.74, 6) is 0.533. The fourth-order valence-electron chi connectivity index (χ4n) is 1.73. The largest absolute Gasteiger partial charge is 0.494 e. The normalized spacial score (nSPS) is 11.4. The second-order valence-electron chi connectivity index (χ2n) is 4.08. The second kappa shape index (κ2) is 4.91. The fourth-order valence-corrected chi connectivity index (χ4v) is 1.73. The Morgan fingerprint density at radius 2 is 1.63 bits per heavy atom. The van der Waals surface area contributed by atoms with E-state index in [1.165, 1.54) is 19.2 Å². The number of methoxy groups -OCH3 is 1. The number of rotatable bonds is 2. The van der Waals surface area contributed by atoms with Crippen LogP contribution in [0.1, 0.15) is 11.3 Å². The molecule has 0 atom stereocenters. The number of hydrogen-bond donors (Lipinski definition) is 0. The number of alkyl halides is 3. The molecule has 0 amide bonds. The highest BCUT2D eigenvalue weighted by Crippen LogP contribution is 2.33. The lowest BCUT2D eigenvalue weighted by Crippen LogP contribution is -2.04. The summed E-state index contributed by atoms with van der Waals surface area (Å²) >= 11 is 0. The highest BCUT2D eigenvalue weighted by molar-refractivity contribution is 5.66. The predicted octanol–water partition coefficient (Wildman–Crippen LogP) is 4.08. The minimum absolute atomic E-state index is 0.533. The number of benzene rings is 1. The molecule has 100 valence electrons. The van der Waals surface area contributed by atoms with E-state index < -0.39 is 11.7 Å². The molecule has 0 unspecified atom stereocenters. The first-order valence-electron chi connectivity index (χ1n) is 5.61. The molecule has 0 aliphatic carbocycles. The Kier molecular flexibility index (Phi) is 3.46. The zero-order valence-electron chi connectivity index (χ0n) is 10.5. The number of aryl methyl sites for hydroxylation is 1. The zero-order chi connectivity index (χ0) is 14.0. The van der Waals surface area contributed by atoms with Gasteiger partial charge in [-0.1, -0.05) is 12.1 Å². The van der Waals surface area contributed by atoms with Crippen molar-refractivity contribution in [1.82, 2.24) is 4.98 Å². The molecule has 5 heteroatoms. The highest BCUT2D eigenvalue weighted by Gasteiger charge is 2.30. The van der Waals surface area contributed by atoms with Crippen molar-refractivity contribution in [2.75, 3.05) is 7.11 Å². The molecule has 0 aliphatic rings. The molecular formula is C14H12F3NO. The van der Waals surface area contributed by atoms with Crippen LogP contribution in [0.3, 0.4) is 0 Å². The summed E-state index contributed by atoms with van der Waals surface area (Å²) in [6.45, 7) is 1.81. The highest BCUT2D eigenvalue weighted by atomic mass is 19.4. The summed E-state index contributed by atoms with van der Waals surface area (Å²) in [5.41, 5.74) is 1.23. The maximum atomic E-state index is 12.5. The number of halogens is 3. The minimum Gasteiger partial charge on any atom is -0.494 e. The van der Waals surface area contributed by atoms with E-state index in [1.807, 2.05) is 6.92 Å². The van der Waals surface area contributed by atoms with Crippen LogP contribution >= 0.6 is 0 Å². The van der Waals surface area contributed by atoms with Gasteiger partial charge < -0.3 is 4.74 Å². The summed E-state index contributed by atoms with van der Waals surface area (Å²) < 4.78 is 42.6. The second-order valence-corrected chi connectivity index (χ2v) is 4.08. The van der Waals surface area contributed by atoms with Crippen LogP contribution in [0.2, 0.25) is 0 Å². The predicted molar refractivity (Wildman–Crippen MR) is 66.0 cm³/mol. The lowest BCUT2D eigenvalue weighted by Gasteiger charge is -2.10. The van der Waals surface area contributed by atoms with Crippen molar-refractivity contribution in [1.29, 1.82) is 0 Å². The third-order valence-electron chi connectivity index (χ3n) is 2.70. The Hall–Kier alpha value is -2.04. The van der Waals surface area contributed by atoms with Gasteiger partial charge >= 0.3 is 6.18 Å². The summed E-state index contributed by atoms with van der Waals surface area (Å²) in [6, 6.07) is 8.40.